The number of rotatable bonds is 4. The molecule has 0 radical (unpaired) electrons. The molecule has 2 aromatic rings. The van der Waals surface area contributed by atoms with Gasteiger partial charge < -0.3 is 11.1 Å². The Morgan fingerprint density at radius 1 is 1.61 bits per heavy atom. The highest BCUT2D eigenvalue weighted by atomic mass is 32.1. The average Bonchev–Trinajstić information content (AvgIpc) is 2.94. The summed E-state index contributed by atoms with van der Waals surface area (Å²) in [6.07, 6.45) is 2.42. The van der Waals surface area contributed by atoms with Gasteiger partial charge in [-0.1, -0.05) is 6.92 Å². The SMILES string of the molecule is CCc1nn(C)c(C(=O)NCc2nccs2)c1N. The molecule has 0 unspecified atom stereocenters. The van der Waals surface area contributed by atoms with Gasteiger partial charge in [0.1, 0.15) is 10.7 Å². The number of aromatic nitrogens is 3. The van der Waals surface area contributed by atoms with Crippen LogP contribution in [0.1, 0.15) is 28.1 Å². The highest BCUT2D eigenvalue weighted by Crippen LogP contribution is 2.16. The Morgan fingerprint density at radius 3 is 2.94 bits per heavy atom. The maximum absolute atomic E-state index is 12.0. The molecule has 0 fully saturated rings. The molecule has 0 bridgehead atoms. The third-order valence-corrected chi connectivity index (χ3v) is 3.37. The van der Waals surface area contributed by atoms with E-state index in [4.69, 9.17) is 5.73 Å². The lowest BCUT2D eigenvalue weighted by atomic mass is 10.2. The fourth-order valence-electron chi connectivity index (χ4n) is 1.71. The number of hydrogen-bond acceptors (Lipinski definition) is 5. The molecule has 0 saturated carbocycles. The van der Waals surface area contributed by atoms with Crippen LogP contribution in [0, 0.1) is 0 Å². The van der Waals surface area contributed by atoms with E-state index >= 15 is 0 Å². The van der Waals surface area contributed by atoms with Crippen LogP contribution in [0.2, 0.25) is 0 Å². The average molecular weight is 265 g/mol. The predicted molar refractivity (Wildman–Crippen MR) is 70.3 cm³/mol. The first-order chi connectivity index (χ1) is 8.63. The van der Waals surface area contributed by atoms with Gasteiger partial charge in [0.05, 0.1) is 17.9 Å². The molecular formula is C11H15N5OS. The van der Waals surface area contributed by atoms with E-state index in [0.717, 1.165) is 10.7 Å². The number of nitrogens with one attached hydrogen (secondary N) is 1. The summed E-state index contributed by atoms with van der Waals surface area (Å²) in [7, 11) is 1.72. The zero-order chi connectivity index (χ0) is 13.1. The summed E-state index contributed by atoms with van der Waals surface area (Å²) in [4.78, 5) is 16.1. The van der Waals surface area contributed by atoms with Crippen molar-refractivity contribution in [2.75, 3.05) is 5.73 Å². The van der Waals surface area contributed by atoms with Gasteiger partial charge in [-0.25, -0.2) is 4.98 Å². The largest absolute Gasteiger partial charge is 0.395 e. The Kier molecular flexibility index (Phi) is 3.61. The quantitative estimate of drug-likeness (QED) is 0.862. The van der Waals surface area contributed by atoms with E-state index < -0.39 is 0 Å². The topological polar surface area (TPSA) is 85.8 Å². The number of nitrogens with zero attached hydrogens (tertiary/aromatic N) is 3. The van der Waals surface area contributed by atoms with Crippen LogP contribution in [0.4, 0.5) is 5.69 Å². The highest BCUT2D eigenvalue weighted by molar-refractivity contribution is 7.09. The molecule has 0 aliphatic heterocycles. The molecule has 6 nitrogen and oxygen atoms in total. The molecule has 0 saturated heterocycles. The van der Waals surface area contributed by atoms with Crippen LogP contribution in [-0.2, 0) is 20.0 Å². The van der Waals surface area contributed by atoms with Crippen molar-refractivity contribution in [3.63, 3.8) is 0 Å². The van der Waals surface area contributed by atoms with E-state index in [1.165, 1.54) is 16.0 Å². The first-order valence-electron chi connectivity index (χ1n) is 5.61. The summed E-state index contributed by atoms with van der Waals surface area (Å²) in [5.74, 6) is -0.225. The monoisotopic (exact) mass is 265 g/mol. The summed E-state index contributed by atoms with van der Waals surface area (Å²) in [6, 6.07) is 0. The first kappa shape index (κ1) is 12.6. The molecule has 7 heteroatoms. The summed E-state index contributed by atoms with van der Waals surface area (Å²) in [5, 5.41) is 9.73. The Bertz CT molecular complexity index is 546. The van der Waals surface area contributed by atoms with Crippen LogP contribution in [0.3, 0.4) is 0 Å². The molecule has 2 heterocycles. The number of anilines is 1. The molecule has 0 atom stereocenters. The van der Waals surface area contributed by atoms with E-state index in [1.54, 1.807) is 13.2 Å². The predicted octanol–water partition coefficient (Wildman–Crippen LogP) is 0.951. The lowest BCUT2D eigenvalue weighted by molar-refractivity contribution is 0.0942. The second-order valence-electron chi connectivity index (χ2n) is 3.79. The van der Waals surface area contributed by atoms with Crippen molar-refractivity contribution in [2.24, 2.45) is 7.05 Å². The number of amides is 1. The maximum Gasteiger partial charge on any atom is 0.272 e. The van der Waals surface area contributed by atoms with Crippen molar-refractivity contribution in [1.29, 1.82) is 0 Å². The third kappa shape index (κ3) is 2.35. The summed E-state index contributed by atoms with van der Waals surface area (Å²) in [6.45, 7) is 2.36. The Morgan fingerprint density at radius 2 is 2.39 bits per heavy atom. The third-order valence-electron chi connectivity index (χ3n) is 2.59. The number of hydrogen-bond donors (Lipinski definition) is 2. The van der Waals surface area contributed by atoms with Gasteiger partial charge in [-0.15, -0.1) is 11.3 Å². The Hall–Kier alpha value is -1.89. The fraction of sp³-hybridized carbons (Fsp3) is 0.364. The lowest BCUT2D eigenvalue weighted by Gasteiger charge is -2.04. The van der Waals surface area contributed by atoms with Gasteiger partial charge in [0.2, 0.25) is 0 Å². The van der Waals surface area contributed by atoms with Crippen molar-refractivity contribution in [3.05, 3.63) is 28.0 Å². The van der Waals surface area contributed by atoms with Gasteiger partial charge in [-0.3, -0.25) is 9.48 Å². The lowest BCUT2D eigenvalue weighted by Crippen LogP contribution is -2.26. The summed E-state index contributed by atoms with van der Waals surface area (Å²) in [5.41, 5.74) is 7.52. The van der Waals surface area contributed by atoms with Gasteiger partial charge in [0, 0.05) is 18.6 Å². The van der Waals surface area contributed by atoms with Crippen molar-refractivity contribution in [3.8, 4) is 0 Å². The van der Waals surface area contributed by atoms with E-state index in [9.17, 15) is 4.79 Å². The molecule has 2 aromatic heterocycles. The molecule has 18 heavy (non-hydrogen) atoms. The number of thiazole rings is 1. The molecular weight excluding hydrogens is 250 g/mol. The molecule has 0 aromatic carbocycles. The highest BCUT2D eigenvalue weighted by Gasteiger charge is 2.18. The second kappa shape index (κ2) is 5.18. The van der Waals surface area contributed by atoms with Gasteiger partial charge >= 0.3 is 0 Å². The first-order valence-corrected chi connectivity index (χ1v) is 6.49. The zero-order valence-corrected chi connectivity index (χ0v) is 11.1. The van der Waals surface area contributed by atoms with Crippen LogP contribution in [0.5, 0.6) is 0 Å². The van der Waals surface area contributed by atoms with Crippen LogP contribution in [0.15, 0.2) is 11.6 Å². The van der Waals surface area contributed by atoms with Crippen molar-refractivity contribution in [1.82, 2.24) is 20.1 Å². The molecule has 1 amide bonds. The zero-order valence-electron chi connectivity index (χ0n) is 10.3. The molecule has 96 valence electrons. The summed E-state index contributed by atoms with van der Waals surface area (Å²) < 4.78 is 1.52. The van der Waals surface area contributed by atoms with Gasteiger partial charge in [-0.2, -0.15) is 5.10 Å². The van der Waals surface area contributed by atoms with Crippen molar-refractivity contribution >= 4 is 22.9 Å². The van der Waals surface area contributed by atoms with E-state index in [1.807, 2.05) is 12.3 Å². The number of aryl methyl sites for hydroxylation is 2. The van der Waals surface area contributed by atoms with Gasteiger partial charge in [0.25, 0.3) is 5.91 Å². The van der Waals surface area contributed by atoms with Crippen LogP contribution >= 0.6 is 11.3 Å². The maximum atomic E-state index is 12.0. The minimum Gasteiger partial charge on any atom is -0.395 e. The molecule has 0 aliphatic rings. The van der Waals surface area contributed by atoms with Gasteiger partial charge in [-0.05, 0) is 6.42 Å². The molecule has 0 aliphatic carbocycles. The molecule has 2 rings (SSSR count). The van der Waals surface area contributed by atoms with Crippen molar-refractivity contribution < 1.29 is 4.79 Å². The van der Waals surface area contributed by atoms with Crippen LogP contribution in [-0.4, -0.2) is 20.7 Å². The second-order valence-corrected chi connectivity index (χ2v) is 4.77. The number of nitrogen functional groups attached to an aromatic ring is 1. The van der Waals surface area contributed by atoms with E-state index in [0.29, 0.717) is 24.3 Å². The standard InChI is InChI=1S/C11H15N5OS/c1-3-7-9(12)10(16(2)15-7)11(17)14-6-8-13-4-5-18-8/h4-5H,3,6,12H2,1-2H3,(H,14,17). The minimum atomic E-state index is -0.225. The Balaban J connectivity index is 2.11. The number of carbonyl (C=O) groups excluding carboxylic acids is 1. The minimum absolute atomic E-state index is 0.225. The van der Waals surface area contributed by atoms with E-state index in [-0.39, 0.29) is 5.91 Å². The molecule has 0 spiro atoms. The van der Waals surface area contributed by atoms with Crippen LogP contribution < -0.4 is 11.1 Å². The smallest absolute Gasteiger partial charge is 0.272 e. The number of carbonyl (C=O) groups is 1. The van der Waals surface area contributed by atoms with Gasteiger partial charge in [0.15, 0.2) is 0 Å². The number of nitrogens with two attached hydrogens (primary N) is 1. The normalized spacial score (nSPS) is 10.6. The fourth-order valence-corrected chi connectivity index (χ4v) is 2.26. The van der Waals surface area contributed by atoms with Crippen LogP contribution in [0.25, 0.3) is 0 Å². The molecule has 3 N–H and O–H groups in total. The van der Waals surface area contributed by atoms with Crippen molar-refractivity contribution in [2.45, 2.75) is 19.9 Å². The summed E-state index contributed by atoms with van der Waals surface area (Å²) >= 11 is 1.50. The van der Waals surface area contributed by atoms with E-state index in [2.05, 4.69) is 15.4 Å². The Labute approximate surface area is 109 Å².